The van der Waals surface area contributed by atoms with Crippen LogP contribution >= 0.6 is 0 Å². The molecule has 3 aromatic rings. The average Bonchev–Trinajstić information content (AvgIpc) is 2.74. The highest BCUT2D eigenvalue weighted by atomic mass is 19.1. The van der Waals surface area contributed by atoms with Crippen molar-refractivity contribution in [2.75, 3.05) is 12.8 Å². The lowest BCUT2D eigenvalue weighted by atomic mass is 10.2. The molecule has 0 amide bonds. The minimum Gasteiger partial charge on any atom is -0.494 e. The second-order valence-corrected chi connectivity index (χ2v) is 4.48. The van der Waals surface area contributed by atoms with Gasteiger partial charge in [-0.15, -0.1) is 0 Å². The maximum absolute atomic E-state index is 13.5. The highest BCUT2D eigenvalue weighted by Crippen LogP contribution is 2.26. The summed E-state index contributed by atoms with van der Waals surface area (Å²) in [6.07, 6.45) is 1.74. The molecule has 0 bridgehead atoms. The Morgan fingerprint density at radius 3 is 2.85 bits per heavy atom. The monoisotopic (exact) mass is 272 g/mol. The van der Waals surface area contributed by atoms with Gasteiger partial charge in [-0.25, -0.2) is 14.4 Å². The molecule has 0 aliphatic rings. The Bertz CT molecular complexity index is 797. The first-order valence-corrected chi connectivity index (χ1v) is 6.04. The lowest BCUT2D eigenvalue weighted by Crippen LogP contribution is -2.02. The molecule has 20 heavy (non-hydrogen) atoms. The third-order valence-corrected chi connectivity index (χ3v) is 3.05. The van der Waals surface area contributed by atoms with E-state index in [1.54, 1.807) is 22.9 Å². The lowest BCUT2D eigenvalue weighted by Gasteiger charge is -2.08. The van der Waals surface area contributed by atoms with Gasteiger partial charge in [-0.3, -0.25) is 4.57 Å². The van der Waals surface area contributed by atoms with Crippen molar-refractivity contribution in [1.29, 1.82) is 0 Å². The van der Waals surface area contributed by atoms with Crippen LogP contribution in [0.4, 0.5) is 10.3 Å². The smallest absolute Gasteiger partial charge is 0.207 e. The molecule has 2 aromatic heterocycles. The van der Waals surface area contributed by atoms with Gasteiger partial charge in [0.15, 0.2) is 17.2 Å². The molecule has 2 heterocycles. The summed E-state index contributed by atoms with van der Waals surface area (Å²) in [5.74, 6) is 0.0191. The van der Waals surface area contributed by atoms with Crippen LogP contribution in [0.15, 0.2) is 30.5 Å². The number of nitrogens with two attached hydrogens (primary N) is 1. The summed E-state index contributed by atoms with van der Waals surface area (Å²) in [5, 5.41) is 0. The van der Waals surface area contributed by atoms with Crippen LogP contribution in [-0.4, -0.2) is 21.6 Å². The predicted octanol–water partition coefficient (Wildman–Crippen LogP) is 2.46. The van der Waals surface area contributed by atoms with E-state index in [4.69, 9.17) is 10.5 Å². The molecule has 0 radical (unpaired) electrons. The Morgan fingerprint density at radius 2 is 2.10 bits per heavy atom. The largest absolute Gasteiger partial charge is 0.494 e. The van der Waals surface area contributed by atoms with Gasteiger partial charge < -0.3 is 10.5 Å². The number of benzene rings is 1. The van der Waals surface area contributed by atoms with Gasteiger partial charge in [-0.2, -0.15) is 0 Å². The molecule has 1 aromatic carbocycles. The van der Waals surface area contributed by atoms with Gasteiger partial charge in [0.1, 0.15) is 5.52 Å². The molecule has 6 heteroatoms. The van der Waals surface area contributed by atoms with Crippen LogP contribution in [0.2, 0.25) is 0 Å². The second-order valence-electron chi connectivity index (χ2n) is 4.48. The summed E-state index contributed by atoms with van der Waals surface area (Å²) in [6, 6.07) is 6.40. The van der Waals surface area contributed by atoms with E-state index in [0.717, 1.165) is 5.56 Å². The van der Waals surface area contributed by atoms with Crippen LogP contribution in [0.3, 0.4) is 0 Å². The Hall–Kier alpha value is -2.63. The topological polar surface area (TPSA) is 66.0 Å². The third-order valence-electron chi connectivity index (χ3n) is 3.05. The fraction of sp³-hybridized carbons (Fsp3) is 0.143. The summed E-state index contributed by atoms with van der Waals surface area (Å²) in [6.45, 7) is 1.93. The van der Waals surface area contributed by atoms with E-state index in [0.29, 0.717) is 22.8 Å². The van der Waals surface area contributed by atoms with Crippen molar-refractivity contribution in [3.63, 3.8) is 0 Å². The number of hydrogen-bond donors (Lipinski definition) is 1. The van der Waals surface area contributed by atoms with Gasteiger partial charge in [-0.05, 0) is 30.7 Å². The number of halogens is 1. The SMILES string of the molecule is COc1cc(-n2c(N)nc3cc(C)cnc32)ccc1F. The predicted molar refractivity (Wildman–Crippen MR) is 74.5 cm³/mol. The third kappa shape index (κ3) is 1.85. The number of nitrogens with zero attached hydrogens (tertiary/aromatic N) is 3. The molecular formula is C14H13FN4O. The summed E-state index contributed by atoms with van der Waals surface area (Å²) >= 11 is 0. The number of ether oxygens (including phenoxy) is 1. The molecule has 0 saturated carbocycles. The molecule has 0 spiro atoms. The average molecular weight is 272 g/mol. The molecule has 0 saturated heterocycles. The first-order chi connectivity index (χ1) is 9.60. The van der Waals surface area contributed by atoms with Crippen molar-refractivity contribution < 1.29 is 9.13 Å². The number of rotatable bonds is 2. The van der Waals surface area contributed by atoms with E-state index in [1.807, 2.05) is 13.0 Å². The summed E-state index contributed by atoms with van der Waals surface area (Å²) in [5.41, 5.74) is 8.92. The molecule has 2 N–H and O–H groups in total. The van der Waals surface area contributed by atoms with Gasteiger partial charge in [0.2, 0.25) is 5.95 Å². The quantitative estimate of drug-likeness (QED) is 0.778. The maximum Gasteiger partial charge on any atom is 0.207 e. The highest BCUT2D eigenvalue weighted by molar-refractivity contribution is 5.77. The molecule has 0 aliphatic carbocycles. The number of nitrogen functional groups attached to an aromatic ring is 1. The van der Waals surface area contributed by atoms with Crippen molar-refractivity contribution in [1.82, 2.24) is 14.5 Å². The number of imidazole rings is 1. The van der Waals surface area contributed by atoms with Gasteiger partial charge in [0.25, 0.3) is 0 Å². The highest BCUT2D eigenvalue weighted by Gasteiger charge is 2.13. The zero-order valence-corrected chi connectivity index (χ0v) is 11.1. The van der Waals surface area contributed by atoms with Crippen molar-refractivity contribution >= 4 is 17.1 Å². The summed E-state index contributed by atoms with van der Waals surface area (Å²) < 4.78 is 20.1. The molecule has 0 aliphatic heterocycles. The van der Waals surface area contributed by atoms with Gasteiger partial charge in [0.05, 0.1) is 12.8 Å². The fourth-order valence-corrected chi connectivity index (χ4v) is 2.13. The van der Waals surface area contributed by atoms with Crippen molar-refractivity contribution in [3.05, 3.63) is 41.8 Å². The standard InChI is InChI=1S/C14H13FN4O/c1-8-5-11-13(17-7-8)19(14(16)18-11)9-3-4-10(15)12(6-9)20-2/h3-7H,1-2H3,(H2,16,18). The number of aryl methyl sites for hydroxylation is 1. The first kappa shape index (κ1) is 12.4. The summed E-state index contributed by atoms with van der Waals surface area (Å²) in [7, 11) is 1.42. The fourth-order valence-electron chi connectivity index (χ4n) is 2.13. The van der Waals surface area contributed by atoms with Crippen LogP contribution < -0.4 is 10.5 Å². The zero-order chi connectivity index (χ0) is 14.3. The number of anilines is 1. The minimum atomic E-state index is -0.428. The maximum atomic E-state index is 13.5. The van der Waals surface area contributed by atoms with Crippen molar-refractivity contribution in [2.24, 2.45) is 0 Å². The number of pyridine rings is 1. The van der Waals surface area contributed by atoms with E-state index >= 15 is 0 Å². The Labute approximate surface area is 114 Å². The van der Waals surface area contributed by atoms with Crippen LogP contribution in [0.1, 0.15) is 5.56 Å². The second kappa shape index (κ2) is 4.48. The minimum absolute atomic E-state index is 0.149. The zero-order valence-electron chi connectivity index (χ0n) is 11.1. The van der Waals surface area contributed by atoms with E-state index in [-0.39, 0.29) is 5.75 Å². The molecule has 5 nitrogen and oxygen atoms in total. The number of methoxy groups -OCH3 is 1. The summed E-state index contributed by atoms with van der Waals surface area (Å²) in [4.78, 5) is 8.61. The molecule has 0 unspecified atom stereocenters. The normalized spacial score (nSPS) is 10.9. The van der Waals surface area contributed by atoms with E-state index < -0.39 is 5.82 Å². The lowest BCUT2D eigenvalue weighted by molar-refractivity contribution is 0.386. The van der Waals surface area contributed by atoms with E-state index in [1.165, 1.54) is 13.2 Å². The molecule has 0 atom stereocenters. The number of aromatic nitrogens is 3. The van der Waals surface area contributed by atoms with Crippen LogP contribution in [0.25, 0.3) is 16.9 Å². The number of hydrogen-bond acceptors (Lipinski definition) is 4. The van der Waals surface area contributed by atoms with E-state index in [2.05, 4.69) is 9.97 Å². The Kier molecular flexibility index (Phi) is 2.78. The van der Waals surface area contributed by atoms with Crippen LogP contribution in [-0.2, 0) is 0 Å². The Balaban J connectivity index is 2.26. The number of fused-ring (bicyclic) bond motifs is 1. The first-order valence-electron chi connectivity index (χ1n) is 6.04. The van der Waals surface area contributed by atoms with Gasteiger partial charge >= 0.3 is 0 Å². The van der Waals surface area contributed by atoms with Crippen molar-refractivity contribution in [2.45, 2.75) is 6.92 Å². The van der Waals surface area contributed by atoms with Crippen molar-refractivity contribution in [3.8, 4) is 11.4 Å². The van der Waals surface area contributed by atoms with E-state index in [9.17, 15) is 4.39 Å². The van der Waals surface area contributed by atoms with Crippen LogP contribution in [0, 0.1) is 12.7 Å². The van der Waals surface area contributed by atoms with Gasteiger partial charge in [-0.1, -0.05) is 0 Å². The molecule has 102 valence electrons. The molecular weight excluding hydrogens is 259 g/mol. The van der Waals surface area contributed by atoms with Crippen LogP contribution in [0.5, 0.6) is 5.75 Å². The molecule has 3 rings (SSSR count). The van der Waals surface area contributed by atoms with Gasteiger partial charge in [0, 0.05) is 12.3 Å². The molecule has 0 fully saturated rings. The Morgan fingerprint density at radius 1 is 1.30 bits per heavy atom.